The van der Waals surface area contributed by atoms with E-state index in [1.54, 1.807) is 30.3 Å². The number of ketones is 2. The summed E-state index contributed by atoms with van der Waals surface area (Å²) < 4.78 is 52.7. The Labute approximate surface area is 273 Å². The molecule has 0 fully saturated rings. The van der Waals surface area contributed by atoms with Crippen LogP contribution in [0.5, 0.6) is 0 Å². The number of carbonyl (C=O) groups excluding carboxylic acids is 4. The summed E-state index contributed by atoms with van der Waals surface area (Å²) in [6, 6.07) is 8.20. The maximum Gasteiger partial charge on any atom is 0.379 e. The molecule has 1 N–H and O–H groups in total. The van der Waals surface area contributed by atoms with Gasteiger partial charge in [0.2, 0.25) is 5.78 Å². The number of carboxylic acids is 1. The lowest BCUT2D eigenvalue weighted by Gasteiger charge is -2.09. The third-order valence-corrected chi connectivity index (χ3v) is 5.57. The van der Waals surface area contributed by atoms with Gasteiger partial charge in [0, 0.05) is 12.0 Å². The van der Waals surface area contributed by atoms with Gasteiger partial charge in [0.15, 0.2) is 0 Å². The monoisotopic (exact) mass is 674 g/mol. The standard InChI is InChI=1S/C31H46O16/c32-27(30(35)36)6-7-28(33)46-24-22-44-20-18-42-16-14-40-12-10-38-8-9-39-11-13-41-15-17-43-19-21-45-23-25-47-31(37)29(34)26-4-2-1-3-5-26/h1-5H,6-25H2,(H,35,36). The maximum atomic E-state index is 11.9. The largest absolute Gasteiger partial charge is 0.476 e. The van der Waals surface area contributed by atoms with Gasteiger partial charge in [0.1, 0.15) is 13.2 Å². The fraction of sp³-hybridized carbons (Fsp3) is 0.645. The Morgan fingerprint density at radius 3 is 1.15 bits per heavy atom. The smallest absolute Gasteiger partial charge is 0.379 e. The van der Waals surface area contributed by atoms with E-state index in [1.165, 1.54) is 0 Å². The number of benzene rings is 1. The van der Waals surface area contributed by atoms with Gasteiger partial charge in [-0.2, -0.15) is 0 Å². The summed E-state index contributed by atoms with van der Waals surface area (Å²) in [4.78, 5) is 56.2. The van der Waals surface area contributed by atoms with E-state index in [1.807, 2.05) is 0 Å². The molecule has 1 rings (SSSR count). The number of carboxylic acid groups (broad SMARTS) is 1. The van der Waals surface area contributed by atoms with Crippen LogP contribution in [0.3, 0.4) is 0 Å². The molecule has 16 nitrogen and oxygen atoms in total. The van der Waals surface area contributed by atoms with Gasteiger partial charge in [-0.25, -0.2) is 9.59 Å². The molecule has 0 amide bonds. The summed E-state index contributed by atoms with van der Waals surface area (Å²) in [6.45, 7) is 5.77. The van der Waals surface area contributed by atoms with Crippen molar-refractivity contribution in [2.45, 2.75) is 12.8 Å². The molecule has 0 heterocycles. The fourth-order valence-corrected chi connectivity index (χ4v) is 3.22. The van der Waals surface area contributed by atoms with Crippen LogP contribution >= 0.6 is 0 Å². The third-order valence-electron chi connectivity index (χ3n) is 5.57. The van der Waals surface area contributed by atoms with Crippen LogP contribution in [0.1, 0.15) is 23.2 Å². The molecule has 0 atom stereocenters. The molecule has 1 aromatic carbocycles. The summed E-state index contributed by atoms with van der Waals surface area (Å²) in [5, 5.41) is 8.44. The molecule has 0 aliphatic rings. The molecule has 16 heteroatoms. The first-order valence-electron chi connectivity index (χ1n) is 15.2. The van der Waals surface area contributed by atoms with Crippen LogP contribution in [0, 0.1) is 0 Å². The number of Topliss-reactive ketones (excluding diaryl/α,β-unsaturated/α-hetero) is 2. The van der Waals surface area contributed by atoms with E-state index in [4.69, 9.17) is 52.5 Å². The quantitative estimate of drug-likeness (QED) is 0.0468. The molecule has 0 spiro atoms. The van der Waals surface area contributed by atoms with Gasteiger partial charge in [-0.3, -0.25) is 14.4 Å². The van der Waals surface area contributed by atoms with Crippen molar-refractivity contribution in [3.8, 4) is 0 Å². The number of rotatable bonds is 33. The van der Waals surface area contributed by atoms with Gasteiger partial charge in [0.25, 0.3) is 5.78 Å². The van der Waals surface area contributed by atoms with Crippen LogP contribution in [0.4, 0.5) is 0 Å². The van der Waals surface area contributed by atoms with E-state index in [9.17, 15) is 24.0 Å². The Balaban J connectivity index is 1.70. The van der Waals surface area contributed by atoms with Crippen LogP contribution in [-0.2, 0) is 66.5 Å². The molecule has 0 radical (unpaired) electrons. The lowest BCUT2D eigenvalue weighted by molar-refractivity contribution is -0.151. The van der Waals surface area contributed by atoms with Crippen molar-refractivity contribution in [3.63, 3.8) is 0 Å². The van der Waals surface area contributed by atoms with E-state index < -0.39 is 35.9 Å². The number of hydrogen-bond acceptors (Lipinski definition) is 15. The molecule has 0 aromatic heterocycles. The SMILES string of the molecule is O=C(CCC(=O)C(=O)O)OCCOCCOCCOCCOCCOCCOCCOCCOCCOC(=O)C(=O)c1ccccc1. The first kappa shape index (κ1) is 41.7. The second-order valence-corrected chi connectivity index (χ2v) is 9.18. The van der Waals surface area contributed by atoms with Gasteiger partial charge in [-0.1, -0.05) is 30.3 Å². The van der Waals surface area contributed by atoms with Crippen molar-refractivity contribution in [1.29, 1.82) is 0 Å². The summed E-state index contributed by atoms with van der Waals surface area (Å²) in [7, 11) is 0. The number of esters is 2. The molecule has 47 heavy (non-hydrogen) atoms. The zero-order valence-electron chi connectivity index (χ0n) is 26.6. The van der Waals surface area contributed by atoms with Crippen molar-refractivity contribution in [2.24, 2.45) is 0 Å². The minimum Gasteiger partial charge on any atom is -0.476 e. The van der Waals surface area contributed by atoms with Crippen LogP contribution in [0.2, 0.25) is 0 Å². The number of ether oxygens (including phenoxy) is 10. The van der Waals surface area contributed by atoms with Crippen LogP contribution < -0.4 is 0 Å². The highest BCUT2D eigenvalue weighted by atomic mass is 16.6. The fourth-order valence-electron chi connectivity index (χ4n) is 3.22. The van der Waals surface area contributed by atoms with Crippen LogP contribution in [-0.4, -0.2) is 154 Å². The lowest BCUT2D eigenvalue weighted by atomic mass is 10.1. The average molecular weight is 675 g/mol. The highest BCUT2D eigenvalue weighted by Gasteiger charge is 2.17. The number of hydrogen-bond donors (Lipinski definition) is 1. The van der Waals surface area contributed by atoms with Gasteiger partial charge in [-0.05, 0) is 0 Å². The zero-order valence-corrected chi connectivity index (χ0v) is 26.6. The van der Waals surface area contributed by atoms with E-state index in [0.29, 0.717) is 92.5 Å². The predicted molar refractivity (Wildman–Crippen MR) is 161 cm³/mol. The highest BCUT2D eigenvalue weighted by molar-refractivity contribution is 6.40. The predicted octanol–water partition coefficient (Wildman–Crippen LogP) is 0.522. The number of carbonyl (C=O) groups is 5. The maximum absolute atomic E-state index is 11.9. The average Bonchev–Trinajstić information content (AvgIpc) is 3.08. The summed E-state index contributed by atoms with van der Waals surface area (Å²) in [5.41, 5.74) is 0.282. The van der Waals surface area contributed by atoms with E-state index in [2.05, 4.69) is 0 Å². The Hall–Kier alpha value is -3.35. The van der Waals surface area contributed by atoms with Crippen molar-refractivity contribution in [1.82, 2.24) is 0 Å². The summed E-state index contributed by atoms with van der Waals surface area (Å²) >= 11 is 0. The second-order valence-electron chi connectivity index (χ2n) is 9.18. The highest BCUT2D eigenvalue weighted by Crippen LogP contribution is 2.01. The zero-order chi connectivity index (χ0) is 34.2. The van der Waals surface area contributed by atoms with Gasteiger partial charge in [0.05, 0.1) is 112 Å². The lowest BCUT2D eigenvalue weighted by Crippen LogP contribution is -2.20. The molecule has 0 bridgehead atoms. The molecule has 0 saturated carbocycles. The van der Waals surface area contributed by atoms with Crippen molar-refractivity contribution in [2.75, 3.05) is 119 Å². The van der Waals surface area contributed by atoms with Crippen molar-refractivity contribution >= 4 is 29.5 Å². The first-order valence-corrected chi connectivity index (χ1v) is 15.2. The Morgan fingerprint density at radius 2 is 0.787 bits per heavy atom. The van der Waals surface area contributed by atoms with Crippen LogP contribution in [0.15, 0.2) is 30.3 Å². The minimum atomic E-state index is -1.57. The van der Waals surface area contributed by atoms with Crippen LogP contribution in [0.25, 0.3) is 0 Å². The van der Waals surface area contributed by atoms with E-state index in [-0.39, 0.29) is 38.4 Å². The van der Waals surface area contributed by atoms with E-state index in [0.717, 1.165) is 0 Å². The Morgan fingerprint density at radius 1 is 0.447 bits per heavy atom. The second kappa shape index (κ2) is 30.0. The molecular formula is C31H46O16. The summed E-state index contributed by atoms with van der Waals surface area (Å²) in [5.74, 6) is -4.86. The molecular weight excluding hydrogens is 628 g/mol. The molecule has 0 saturated heterocycles. The normalized spacial score (nSPS) is 10.9. The molecule has 0 unspecified atom stereocenters. The Bertz CT molecular complexity index is 987. The first-order chi connectivity index (χ1) is 22.9. The topological polar surface area (TPSA) is 198 Å². The molecule has 266 valence electrons. The van der Waals surface area contributed by atoms with Gasteiger partial charge < -0.3 is 52.5 Å². The molecule has 0 aliphatic carbocycles. The van der Waals surface area contributed by atoms with Crippen molar-refractivity contribution < 1.29 is 76.4 Å². The molecule has 0 aliphatic heterocycles. The minimum absolute atomic E-state index is 0.00331. The van der Waals surface area contributed by atoms with Crippen molar-refractivity contribution in [3.05, 3.63) is 35.9 Å². The van der Waals surface area contributed by atoms with Gasteiger partial charge >= 0.3 is 17.9 Å². The van der Waals surface area contributed by atoms with Gasteiger partial charge in [-0.15, -0.1) is 0 Å². The Kier molecular flexibility index (Phi) is 26.6. The third kappa shape index (κ3) is 25.4. The summed E-state index contributed by atoms with van der Waals surface area (Å²) in [6.07, 6.45) is -0.677. The molecule has 1 aromatic rings. The van der Waals surface area contributed by atoms with E-state index >= 15 is 0 Å². The number of aliphatic carboxylic acids is 1.